The van der Waals surface area contributed by atoms with E-state index in [9.17, 15) is 31.1 Å². The largest absolute Gasteiger partial charge is 0.445 e. The van der Waals surface area contributed by atoms with E-state index in [0.29, 0.717) is 6.07 Å². The molecule has 0 radical (unpaired) electrons. The molecule has 0 saturated heterocycles. The van der Waals surface area contributed by atoms with Crippen molar-refractivity contribution in [2.75, 3.05) is 10.6 Å². The van der Waals surface area contributed by atoms with E-state index in [-0.39, 0.29) is 17.0 Å². The Bertz CT molecular complexity index is 711. The number of hydrogen-bond donors (Lipinski definition) is 2. The molecule has 124 valence electrons. The second-order valence-electron chi connectivity index (χ2n) is 4.07. The first kappa shape index (κ1) is 17.0. The van der Waals surface area contributed by atoms with Crippen LogP contribution in [0.25, 0.3) is 0 Å². The number of rotatable bonds is 2. The number of carbonyl (C=O) groups is 1. The number of nitrogens with zero attached hydrogens (tertiary/aromatic N) is 2. The van der Waals surface area contributed by atoms with Crippen LogP contribution in [0.4, 0.5) is 42.0 Å². The molecule has 5 nitrogen and oxygen atoms in total. The molecule has 1 aromatic heterocycles. The maximum Gasteiger partial charge on any atom is 0.445 e. The second-order valence-corrected chi connectivity index (χ2v) is 5.05. The fourth-order valence-corrected chi connectivity index (χ4v) is 2.03. The predicted octanol–water partition coefficient (Wildman–Crippen LogP) is 4.22. The number of amides is 2. The molecular weight excluding hydrogens is 350 g/mol. The molecule has 23 heavy (non-hydrogen) atoms. The molecule has 2 rings (SSSR count). The molecule has 0 unspecified atom stereocenters. The molecule has 0 spiro atoms. The van der Waals surface area contributed by atoms with E-state index in [1.54, 1.807) is 0 Å². The Labute approximate surface area is 128 Å². The number of anilines is 2. The van der Waals surface area contributed by atoms with Crippen LogP contribution in [0.2, 0.25) is 0 Å². The van der Waals surface area contributed by atoms with Crippen molar-refractivity contribution in [1.82, 2.24) is 10.2 Å². The summed E-state index contributed by atoms with van der Waals surface area (Å²) >= 11 is 0.0870. The molecule has 0 aliphatic heterocycles. The lowest BCUT2D eigenvalue weighted by Gasteiger charge is -2.09. The van der Waals surface area contributed by atoms with Crippen molar-refractivity contribution in [3.05, 3.63) is 34.8 Å². The van der Waals surface area contributed by atoms with E-state index in [2.05, 4.69) is 15.5 Å². The number of nitrogens with one attached hydrogen (secondary N) is 2. The van der Waals surface area contributed by atoms with Gasteiger partial charge in [0.25, 0.3) is 0 Å². The molecule has 0 bridgehead atoms. The first-order valence-electron chi connectivity index (χ1n) is 5.71. The van der Waals surface area contributed by atoms with Crippen LogP contribution in [0.3, 0.4) is 0 Å². The van der Waals surface area contributed by atoms with Gasteiger partial charge in [-0.2, -0.15) is 26.3 Å². The molecule has 1 aromatic carbocycles. The van der Waals surface area contributed by atoms with Gasteiger partial charge in [-0.25, -0.2) is 4.79 Å². The van der Waals surface area contributed by atoms with E-state index in [4.69, 9.17) is 0 Å². The zero-order valence-corrected chi connectivity index (χ0v) is 11.6. The quantitative estimate of drug-likeness (QED) is 0.792. The summed E-state index contributed by atoms with van der Waals surface area (Å²) in [4.78, 5) is 11.6. The number of alkyl halides is 6. The minimum atomic E-state index is -4.70. The molecule has 0 aliphatic rings. The van der Waals surface area contributed by atoms with Gasteiger partial charge in [0.1, 0.15) is 0 Å². The predicted molar refractivity (Wildman–Crippen MR) is 69.0 cm³/mol. The van der Waals surface area contributed by atoms with Crippen molar-refractivity contribution < 1.29 is 31.1 Å². The fourth-order valence-electron chi connectivity index (χ4n) is 1.42. The monoisotopic (exact) mass is 356 g/mol. The first-order chi connectivity index (χ1) is 10.6. The van der Waals surface area contributed by atoms with Crippen LogP contribution in [0.15, 0.2) is 24.3 Å². The second kappa shape index (κ2) is 6.02. The van der Waals surface area contributed by atoms with Crippen molar-refractivity contribution in [3.8, 4) is 0 Å². The highest BCUT2D eigenvalue weighted by Crippen LogP contribution is 2.33. The van der Waals surface area contributed by atoms with Crippen LogP contribution in [0.1, 0.15) is 10.6 Å². The number of aromatic nitrogens is 2. The third-order valence-electron chi connectivity index (χ3n) is 2.34. The Morgan fingerprint density at radius 3 is 2.26 bits per heavy atom. The zero-order valence-electron chi connectivity index (χ0n) is 10.8. The molecular formula is C11H6F6N4OS. The fraction of sp³-hybridized carbons (Fsp3) is 0.182. The van der Waals surface area contributed by atoms with Gasteiger partial charge in [-0.3, -0.25) is 5.32 Å². The smallest absolute Gasteiger partial charge is 0.308 e. The lowest BCUT2D eigenvalue weighted by Crippen LogP contribution is -2.19. The summed E-state index contributed by atoms with van der Waals surface area (Å²) in [5, 5.41) is 8.28. The van der Waals surface area contributed by atoms with Crippen molar-refractivity contribution in [3.63, 3.8) is 0 Å². The summed E-state index contributed by atoms with van der Waals surface area (Å²) in [5.41, 5.74) is -1.16. The topological polar surface area (TPSA) is 66.9 Å². The van der Waals surface area contributed by atoms with E-state index in [1.807, 2.05) is 5.32 Å². The Morgan fingerprint density at radius 2 is 1.70 bits per heavy atom. The molecule has 1 heterocycles. The molecule has 0 atom stereocenters. The zero-order chi connectivity index (χ0) is 17.3. The number of hydrogen-bond acceptors (Lipinski definition) is 4. The van der Waals surface area contributed by atoms with Crippen LogP contribution >= 0.6 is 11.3 Å². The van der Waals surface area contributed by atoms with Crippen molar-refractivity contribution >= 4 is 28.2 Å². The average Bonchev–Trinajstić information content (AvgIpc) is 2.86. The van der Waals surface area contributed by atoms with Crippen LogP contribution in [0.5, 0.6) is 0 Å². The summed E-state index contributed by atoms with van der Waals surface area (Å²) in [6.07, 6.45) is -9.29. The van der Waals surface area contributed by atoms with Crippen molar-refractivity contribution in [2.45, 2.75) is 12.4 Å². The SMILES string of the molecule is O=C(Nc1cccc(C(F)(F)F)c1)Nc1nnc(C(F)(F)F)s1. The molecule has 2 aromatic rings. The number of halogens is 6. The Hall–Kier alpha value is -2.37. The third-order valence-corrected chi connectivity index (χ3v) is 3.22. The van der Waals surface area contributed by atoms with Gasteiger partial charge in [-0.1, -0.05) is 17.4 Å². The van der Waals surface area contributed by atoms with Crippen LogP contribution in [0, 0.1) is 0 Å². The van der Waals surface area contributed by atoms with Crippen molar-refractivity contribution in [1.29, 1.82) is 0 Å². The van der Waals surface area contributed by atoms with Crippen LogP contribution in [-0.4, -0.2) is 16.2 Å². The Morgan fingerprint density at radius 1 is 1.00 bits per heavy atom. The highest BCUT2D eigenvalue weighted by molar-refractivity contribution is 7.15. The van der Waals surface area contributed by atoms with Gasteiger partial charge < -0.3 is 5.32 Å². The number of carbonyl (C=O) groups excluding carboxylic acids is 1. The van der Waals surface area contributed by atoms with E-state index in [0.717, 1.165) is 12.1 Å². The molecule has 2 amide bonds. The summed E-state index contributed by atoms with van der Waals surface area (Å²) in [7, 11) is 0. The summed E-state index contributed by atoms with van der Waals surface area (Å²) < 4.78 is 74.5. The molecule has 2 N–H and O–H groups in total. The van der Waals surface area contributed by atoms with Crippen LogP contribution < -0.4 is 10.6 Å². The van der Waals surface area contributed by atoms with Gasteiger partial charge in [-0.05, 0) is 18.2 Å². The maximum atomic E-state index is 12.5. The van der Waals surface area contributed by atoms with Gasteiger partial charge in [-0.15, -0.1) is 10.2 Å². The molecule has 12 heteroatoms. The summed E-state index contributed by atoms with van der Waals surface area (Å²) in [6.45, 7) is 0. The Kier molecular flexibility index (Phi) is 4.45. The number of benzene rings is 1. The molecule has 0 aliphatic carbocycles. The molecule has 0 fully saturated rings. The van der Waals surface area contributed by atoms with Gasteiger partial charge in [0.15, 0.2) is 0 Å². The Balaban J connectivity index is 2.04. The summed E-state index contributed by atoms with van der Waals surface area (Å²) in [5.74, 6) is 0. The summed E-state index contributed by atoms with van der Waals surface area (Å²) in [6, 6.07) is 2.71. The normalized spacial score (nSPS) is 12.1. The minimum Gasteiger partial charge on any atom is -0.308 e. The van der Waals surface area contributed by atoms with Crippen LogP contribution in [-0.2, 0) is 12.4 Å². The van der Waals surface area contributed by atoms with Gasteiger partial charge in [0.05, 0.1) is 5.56 Å². The standard InChI is InChI=1S/C11H6F6N4OS/c12-10(13,14)5-2-1-3-6(4-5)18-8(22)19-9-21-20-7(23-9)11(15,16)17/h1-4H,(H2,18,19,21,22). The highest BCUT2D eigenvalue weighted by Gasteiger charge is 2.36. The van der Waals surface area contributed by atoms with Gasteiger partial charge in [0.2, 0.25) is 10.1 Å². The van der Waals surface area contributed by atoms with E-state index < -0.39 is 34.1 Å². The lowest BCUT2D eigenvalue weighted by atomic mass is 10.2. The highest BCUT2D eigenvalue weighted by atomic mass is 32.1. The van der Waals surface area contributed by atoms with Crippen molar-refractivity contribution in [2.24, 2.45) is 0 Å². The lowest BCUT2D eigenvalue weighted by molar-refractivity contribution is -0.138. The van der Waals surface area contributed by atoms with Gasteiger partial charge >= 0.3 is 18.4 Å². The van der Waals surface area contributed by atoms with E-state index >= 15 is 0 Å². The molecule has 0 saturated carbocycles. The number of urea groups is 1. The minimum absolute atomic E-state index is 0.0870. The average molecular weight is 356 g/mol. The van der Waals surface area contributed by atoms with E-state index in [1.165, 1.54) is 6.07 Å². The maximum absolute atomic E-state index is 12.5. The first-order valence-corrected chi connectivity index (χ1v) is 6.53. The third kappa shape index (κ3) is 4.55. The van der Waals surface area contributed by atoms with Gasteiger partial charge in [0, 0.05) is 5.69 Å².